The normalized spacial score (nSPS) is 11.0. The molecule has 1 aromatic carbocycles. The third kappa shape index (κ3) is 12.3. The largest absolute Gasteiger partial charge is 0.494 e. The van der Waals surface area contributed by atoms with Crippen LogP contribution in [0.3, 0.4) is 0 Å². The van der Waals surface area contributed by atoms with E-state index in [1.54, 1.807) is 14.2 Å². The number of aliphatic imine (C=N–C) groups is 1. The predicted octanol–water partition coefficient (Wildman–Crippen LogP) is 3.20. The summed E-state index contributed by atoms with van der Waals surface area (Å²) in [5, 5.41) is 6.60. The van der Waals surface area contributed by atoms with Gasteiger partial charge in [0.25, 0.3) is 0 Å². The monoisotopic (exact) mass is 479 g/mol. The zero-order chi connectivity index (χ0) is 18.2. The number of methoxy groups -OCH3 is 1. The van der Waals surface area contributed by atoms with E-state index < -0.39 is 0 Å². The molecule has 0 aliphatic heterocycles. The summed E-state index contributed by atoms with van der Waals surface area (Å²) in [5.74, 6) is 1.71. The summed E-state index contributed by atoms with van der Waals surface area (Å²) in [7, 11) is 3.45. The van der Waals surface area contributed by atoms with Gasteiger partial charge >= 0.3 is 0 Å². The topological polar surface area (TPSA) is 64.1 Å². The second-order valence-electron chi connectivity index (χ2n) is 5.66. The molecule has 0 aliphatic rings. The fourth-order valence-electron chi connectivity index (χ4n) is 2.11. The van der Waals surface area contributed by atoms with E-state index in [1.165, 1.54) is 5.56 Å². The van der Waals surface area contributed by atoms with E-state index in [4.69, 9.17) is 14.2 Å². The lowest BCUT2D eigenvalue weighted by Crippen LogP contribution is -2.37. The van der Waals surface area contributed by atoms with Crippen molar-refractivity contribution in [2.24, 2.45) is 4.99 Å². The summed E-state index contributed by atoms with van der Waals surface area (Å²) in [6.45, 7) is 6.43. The maximum Gasteiger partial charge on any atom is 0.191 e. The SMILES string of the molecule is CCCCOc1cccc(CNC(=NC)NCCCOCCOC)c1.I. The zero-order valence-corrected chi connectivity index (χ0v) is 18.6. The molecule has 0 amide bonds. The number of benzene rings is 1. The number of nitrogens with one attached hydrogen (secondary N) is 2. The number of unbranched alkanes of at least 4 members (excludes halogenated alkanes) is 1. The van der Waals surface area contributed by atoms with Gasteiger partial charge in [-0.15, -0.1) is 24.0 Å². The van der Waals surface area contributed by atoms with Crippen molar-refractivity contribution in [3.63, 3.8) is 0 Å². The Morgan fingerprint density at radius 2 is 1.92 bits per heavy atom. The van der Waals surface area contributed by atoms with Gasteiger partial charge in [-0.3, -0.25) is 4.99 Å². The van der Waals surface area contributed by atoms with Crippen LogP contribution in [0.15, 0.2) is 29.3 Å². The highest BCUT2D eigenvalue weighted by atomic mass is 127. The van der Waals surface area contributed by atoms with Crippen LogP contribution in [0, 0.1) is 0 Å². The Kier molecular flexibility index (Phi) is 16.7. The summed E-state index contributed by atoms with van der Waals surface area (Å²) < 4.78 is 16.1. The molecule has 0 spiro atoms. The van der Waals surface area contributed by atoms with Gasteiger partial charge in [0.05, 0.1) is 19.8 Å². The minimum atomic E-state index is 0. The highest BCUT2D eigenvalue weighted by Gasteiger charge is 2.00. The zero-order valence-electron chi connectivity index (χ0n) is 16.3. The van der Waals surface area contributed by atoms with Crippen LogP contribution < -0.4 is 15.4 Å². The van der Waals surface area contributed by atoms with Crippen LogP contribution in [0.5, 0.6) is 5.75 Å². The molecular weight excluding hydrogens is 445 g/mol. The summed E-state index contributed by atoms with van der Waals surface area (Å²) in [6, 6.07) is 8.16. The first-order valence-corrected chi connectivity index (χ1v) is 9.03. The molecule has 0 radical (unpaired) electrons. The van der Waals surface area contributed by atoms with Crippen LogP contribution >= 0.6 is 24.0 Å². The van der Waals surface area contributed by atoms with Gasteiger partial charge in [0.2, 0.25) is 0 Å². The van der Waals surface area contributed by atoms with Gasteiger partial charge in [-0.2, -0.15) is 0 Å². The second kappa shape index (κ2) is 17.4. The number of guanidine groups is 1. The highest BCUT2D eigenvalue weighted by molar-refractivity contribution is 14.0. The minimum Gasteiger partial charge on any atom is -0.494 e. The summed E-state index contributed by atoms with van der Waals surface area (Å²) in [4.78, 5) is 4.24. The lowest BCUT2D eigenvalue weighted by atomic mass is 10.2. The summed E-state index contributed by atoms with van der Waals surface area (Å²) in [5.41, 5.74) is 1.17. The van der Waals surface area contributed by atoms with Crippen LogP contribution in [0.4, 0.5) is 0 Å². The average Bonchev–Trinajstić information content (AvgIpc) is 2.64. The van der Waals surface area contributed by atoms with Crippen LogP contribution in [0.1, 0.15) is 31.7 Å². The Balaban J connectivity index is 0.00000625. The number of hydrogen-bond donors (Lipinski definition) is 2. The molecule has 7 heteroatoms. The van der Waals surface area contributed by atoms with Gasteiger partial charge in [0.1, 0.15) is 5.75 Å². The van der Waals surface area contributed by atoms with Gasteiger partial charge in [-0.05, 0) is 30.5 Å². The Bertz CT molecular complexity index is 487. The number of rotatable bonds is 13. The van der Waals surface area contributed by atoms with Crippen molar-refractivity contribution in [3.05, 3.63) is 29.8 Å². The maximum absolute atomic E-state index is 5.74. The van der Waals surface area contributed by atoms with Crippen molar-refractivity contribution in [1.82, 2.24) is 10.6 Å². The fraction of sp³-hybridized carbons (Fsp3) is 0.632. The number of nitrogens with zero attached hydrogens (tertiary/aromatic N) is 1. The van der Waals surface area contributed by atoms with Crippen molar-refractivity contribution in [2.45, 2.75) is 32.7 Å². The Morgan fingerprint density at radius 1 is 1.08 bits per heavy atom. The van der Waals surface area contributed by atoms with E-state index in [0.29, 0.717) is 26.4 Å². The molecule has 2 N–H and O–H groups in total. The van der Waals surface area contributed by atoms with Crippen LogP contribution in [-0.2, 0) is 16.0 Å². The molecule has 0 fully saturated rings. The minimum absolute atomic E-state index is 0. The first-order valence-electron chi connectivity index (χ1n) is 9.03. The van der Waals surface area contributed by atoms with E-state index in [-0.39, 0.29) is 24.0 Å². The van der Waals surface area contributed by atoms with E-state index in [0.717, 1.165) is 44.1 Å². The van der Waals surface area contributed by atoms with Crippen molar-refractivity contribution in [3.8, 4) is 5.75 Å². The van der Waals surface area contributed by atoms with Crippen molar-refractivity contribution in [1.29, 1.82) is 0 Å². The lowest BCUT2D eigenvalue weighted by molar-refractivity contribution is 0.0698. The van der Waals surface area contributed by atoms with Crippen LogP contribution in [0.25, 0.3) is 0 Å². The Morgan fingerprint density at radius 3 is 2.65 bits per heavy atom. The Labute approximate surface area is 175 Å². The van der Waals surface area contributed by atoms with E-state index >= 15 is 0 Å². The molecule has 0 atom stereocenters. The molecule has 1 rings (SSSR count). The molecule has 0 heterocycles. The van der Waals surface area contributed by atoms with E-state index in [9.17, 15) is 0 Å². The molecule has 0 unspecified atom stereocenters. The third-order valence-electron chi connectivity index (χ3n) is 3.54. The lowest BCUT2D eigenvalue weighted by Gasteiger charge is -2.13. The van der Waals surface area contributed by atoms with Crippen molar-refractivity contribution >= 4 is 29.9 Å². The van der Waals surface area contributed by atoms with Gasteiger partial charge in [-0.1, -0.05) is 25.5 Å². The van der Waals surface area contributed by atoms with Gasteiger partial charge < -0.3 is 24.8 Å². The summed E-state index contributed by atoms with van der Waals surface area (Å²) >= 11 is 0. The standard InChI is InChI=1S/C19H33N3O3.HI/c1-4-5-12-25-18-9-6-8-17(15-18)16-22-19(20-2)21-10-7-11-24-14-13-23-3;/h6,8-9,15H,4-5,7,10-14,16H2,1-3H3,(H2,20,21,22);1H. The first-order chi connectivity index (χ1) is 12.3. The Hall–Kier alpha value is -1.06. The smallest absolute Gasteiger partial charge is 0.191 e. The van der Waals surface area contributed by atoms with Gasteiger partial charge in [-0.25, -0.2) is 0 Å². The molecule has 0 aromatic heterocycles. The van der Waals surface area contributed by atoms with Crippen LogP contribution in [-0.4, -0.2) is 53.1 Å². The molecule has 150 valence electrons. The van der Waals surface area contributed by atoms with E-state index in [1.807, 2.05) is 12.1 Å². The van der Waals surface area contributed by atoms with Gasteiger partial charge in [0, 0.05) is 33.9 Å². The molecule has 1 aromatic rings. The van der Waals surface area contributed by atoms with E-state index in [2.05, 4.69) is 34.7 Å². The first kappa shape index (κ1) is 24.9. The third-order valence-corrected chi connectivity index (χ3v) is 3.54. The number of hydrogen-bond acceptors (Lipinski definition) is 4. The maximum atomic E-state index is 5.74. The second-order valence-corrected chi connectivity index (χ2v) is 5.66. The quantitative estimate of drug-likeness (QED) is 0.197. The molecule has 0 bridgehead atoms. The number of halogens is 1. The van der Waals surface area contributed by atoms with Crippen molar-refractivity contribution < 1.29 is 14.2 Å². The molecule has 26 heavy (non-hydrogen) atoms. The fourth-order valence-corrected chi connectivity index (χ4v) is 2.11. The molecular formula is C19H34IN3O3. The number of ether oxygens (including phenoxy) is 3. The van der Waals surface area contributed by atoms with Gasteiger partial charge in [0.15, 0.2) is 5.96 Å². The van der Waals surface area contributed by atoms with Crippen LogP contribution in [0.2, 0.25) is 0 Å². The predicted molar refractivity (Wildman–Crippen MR) is 118 cm³/mol. The summed E-state index contributed by atoms with van der Waals surface area (Å²) in [6.07, 6.45) is 3.14. The highest BCUT2D eigenvalue weighted by Crippen LogP contribution is 2.13. The van der Waals surface area contributed by atoms with Crippen molar-refractivity contribution in [2.75, 3.05) is 47.1 Å². The molecule has 6 nitrogen and oxygen atoms in total. The average molecular weight is 479 g/mol. The molecule has 0 saturated carbocycles. The molecule has 0 saturated heterocycles. The molecule has 0 aliphatic carbocycles.